The number of carbonyl (C=O) groups excluding carboxylic acids is 1. The summed E-state index contributed by atoms with van der Waals surface area (Å²) in [5.41, 5.74) is 2.16. The van der Waals surface area contributed by atoms with E-state index in [1.165, 1.54) is 5.56 Å². The number of benzene rings is 2. The van der Waals surface area contributed by atoms with E-state index in [0.29, 0.717) is 24.5 Å². The van der Waals surface area contributed by atoms with Crippen molar-refractivity contribution in [2.45, 2.75) is 38.3 Å². The maximum Gasteiger partial charge on any atom is 0.238 e. The molecule has 0 aromatic heterocycles. The minimum Gasteiger partial charge on any atom is -0.497 e. The average Bonchev–Trinajstić information content (AvgIpc) is 2.91. The van der Waals surface area contributed by atoms with E-state index >= 15 is 0 Å². The van der Waals surface area contributed by atoms with E-state index in [9.17, 15) is 4.79 Å². The Morgan fingerprint density at radius 3 is 2.44 bits per heavy atom. The van der Waals surface area contributed by atoms with Gasteiger partial charge in [0.1, 0.15) is 5.75 Å². The van der Waals surface area contributed by atoms with Gasteiger partial charge in [-0.3, -0.25) is 9.69 Å². The molecule has 4 nitrogen and oxygen atoms in total. The monoisotopic (exact) mass is 338 g/mol. The number of nitrogens with zero attached hydrogens (tertiary/aromatic N) is 1. The van der Waals surface area contributed by atoms with Gasteiger partial charge in [0.2, 0.25) is 5.91 Å². The van der Waals surface area contributed by atoms with Gasteiger partial charge in [-0.1, -0.05) is 30.3 Å². The van der Waals surface area contributed by atoms with Gasteiger partial charge in [0.15, 0.2) is 0 Å². The van der Waals surface area contributed by atoms with Crippen LogP contribution in [-0.4, -0.2) is 36.5 Å². The molecule has 3 unspecified atom stereocenters. The zero-order valence-corrected chi connectivity index (χ0v) is 15.1. The first-order chi connectivity index (χ1) is 12.1. The lowest BCUT2D eigenvalue weighted by atomic mass is 9.92. The normalized spacial score (nSPS) is 23.4. The number of nitrogens with one attached hydrogen (secondary N) is 1. The van der Waals surface area contributed by atoms with Crippen molar-refractivity contribution in [1.82, 2.24) is 4.90 Å². The quantitative estimate of drug-likeness (QED) is 0.899. The average molecular weight is 338 g/mol. The molecule has 0 aliphatic carbocycles. The first kappa shape index (κ1) is 17.5. The fraction of sp³-hybridized carbons (Fsp3) is 0.381. The molecule has 0 bridgehead atoms. The van der Waals surface area contributed by atoms with Gasteiger partial charge in [0.05, 0.1) is 13.7 Å². The molecule has 0 saturated carbocycles. The molecule has 0 spiro atoms. The van der Waals surface area contributed by atoms with Gasteiger partial charge in [-0.15, -0.1) is 0 Å². The molecule has 25 heavy (non-hydrogen) atoms. The summed E-state index contributed by atoms with van der Waals surface area (Å²) in [5.74, 6) is 1.29. The summed E-state index contributed by atoms with van der Waals surface area (Å²) in [6.07, 6.45) is 1.08. The van der Waals surface area contributed by atoms with Crippen LogP contribution in [0.15, 0.2) is 54.6 Å². The van der Waals surface area contributed by atoms with Crippen LogP contribution >= 0.6 is 0 Å². The highest BCUT2D eigenvalue weighted by Crippen LogP contribution is 2.36. The van der Waals surface area contributed by atoms with Crippen molar-refractivity contribution in [1.29, 1.82) is 0 Å². The Labute approximate surface area is 149 Å². The summed E-state index contributed by atoms with van der Waals surface area (Å²) >= 11 is 0. The van der Waals surface area contributed by atoms with Crippen molar-refractivity contribution in [3.63, 3.8) is 0 Å². The Kier molecular flexibility index (Phi) is 5.39. The third kappa shape index (κ3) is 4.02. The topological polar surface area (TPSA) is 41.6 Å². The van der Waals surface area contributed by atoms with Crippen LogP contribution in [0.1, 0.15) is 31.7 Å². The molecule has 2 aromatic rings. The first-order valence-corrected chi connectivity index (χ1v) is 8.83. The van der Waals surface area contributed by atoms with E-state index in [1.807, 2.05) is 30.3 Å². The molecule has 1 saturated heterocycles. The summed E-state index contributed by atoms with van der Waals surface area (Å²) < 4.78 is 5.14. The second kappa shape index (κ2) is 7.70. The van der Waals surface area contributed by atoms with Crippen LogP contribution in [0.4, 0.5) is 5.69 Å². The van der Waals surface area contributed by atoms with Crippen molar-refractivity contribution in [2.24, 2.45) is 0 Å². The van der Waals surface area contributed by atoms with Crippen LogP contribution in [0.5, 0.6) is 5.75 Å². The molecule has 4 heteroatoms. The van der Waals surface area contributed by atoms with Crippen LogP contribution in [0.2, 0.25) is 0 Å². The largest absolute Gasteiger partial charge is 0.497 e. The number of amides is 1. The molecule has 1 amide bonds. The molecule has 1 N–H and O–H groups in total. The molecule has 1 fully saturated rings. The van der Waals surface area contributed by atoms with Gasteiger partial charge in [0.25, 0.3) is 0 Å². The molecule has 3 rings (SSSR count). The number of hydrogen-bond donors (Lipinski definition) is 1. The SMILES string of the molecule is COc1ccc(NC(=O)CN2C(C)CC(c3ccccc3)C2C)cc1. The molecule has 1 aliphatic heterocycles. The van der Waals surface area contributed by atoms with Crippen LogP contribution in [0.25, 0.3) is 0 Å². The first-order valence-electron chi connectivity index (χ1n) is 8.83. The highest BCUT2D eigenvalue weighted by molar-refractivity contribution is 5.92. The Balaban J connectivity index is 1.62. The number of rotatable bonds is 5. The van der Waals surface area contributed by atoms with Gasteiger partial charge in [-0.2, -0.15) is 0 Å². The van der Waals surface area contributed by atoms with Gasteiger partial charge < -0.3 is 10.1 Å². The van der Waals surface area contributed by atoms with E-state index in [-0.39, 0.29) is 5.91 Å². The third-order valence-electron chi connectivity index (χ3n) is 5.19. The predicted molar refractivity (Wildman–Crippen MR) is 101 cm³/mol. The summed E-state index contributed by atoms with van der Waals surface area (Å²) in [5, 5.41) is 2.98. The Morgan fingerprint density at radius 1 is 1.12 bits per heavy atom. The molecule has 1 aliphatic rings. The van der Waals surface area contributed by atoms with Crippen molar-refractivity contribution >= 4 is 11.6 Å². The highest BCUT2D eigenvalue weighted by atomic mass is 16.5. The summed E-state index contributed by atoms with van der Waals surface area (Å²) in [6.45, 7) is 4.85. The van der Waals surface area contributed by atoms with E-state index in [0.717, 1.165) is 17.9 Å². The second-order valence-electron chi connectivity index (χ2n) is 6.79. The van der Waals surface area contributed by atoms with Crippen molar-refractivity contribution < 1.29 is 9.53 Å². The number of carbonyl (C=O) groups is 1. The number of likely N-dealkylation sites (tertiary alicyclic amines) is 1. The number of anilines is 1. The number of hydrogen-bond acceptors (Lipinski definition) is 3. The van der Waals surface area contributed by atoms with Gasteiger partial charge in [0, 0.05) is 23.7 Å². The van der Waals surface area contributed by atoms with Crippen LogP contribution in [0.3, 0.4) is 0 Å². The fourth-order valence-electron chi connectivity index (χ4n) is 3.79. The van der Waals surface area contributed by atoms with Gasteiger partial charge in [-0.05, 0) is 50.1 Å². The van der Waals surface area contributed by atoms with Gasteiger partial charge in [-0.25, -0.2) is 0 Å². The fourth-order valence-corrected chi connectivity index (χ4v) is 3.79. The van der Waals surface area contributed by atoms with E-state index in [1.54, 1.807) is 7.11 Å². The maximum absolute atomic E-state index is 12.5. The Morgan fingerprint density at radius 2 is 1.80 bits per heavy atom. The molecule has 0 radical (unpaired) electrons. The summed E-state index contributed by atoms with van der Waals surface area (Å²) in [4.78, 5) is 14.8. The Hall–Kier alpha value is -2.33. The lowest BCUT2D eigenvalue weighted by Gasteiger charge is -2.27. The molecular formula is C21H26N2O2. The van der Waals surface area contributed by atoms with Crippen molar-refractivity contribution in [3.05, 3.63) is 60.2 Å². The van der Waals surface area contributed by atoms with Gasteiger partial charge >= 0.3 is 0 Å². The van der Waals surface area contributed by atoms with Crippen molar-refractivity contribution in [3.8, 4) is 5.75 Å². The highest BCUT2D eigenvalue weighted by Gasteiger charge is 2.37. The van der Waals surface area contributed by atoms with Crippen LogP contribution in [-0.2, 0) is 4.79 Å². The molecule has 3 atom stereocenters. The molecular weight excluding hydrogens is 312 g/mol. The van der Waals surface area contributed by atoms with E-state index in [2.05, 4.69) is 48.3 Å². The summed E-state index contributed by atoms with van der Waals surface area (Å²) in [7, 11) is 1.63. The van der Waals surface area contributed by atoms with E-state index < -0.39 is 0 Å². The molecule has 1 heterocycles. The zero-order valence-electron chi connectivity index (χ0n) is 15.1. The summed E-state index contributed by atoms with van der Waals surface area (Å²) in [6, 6.07) is 18.8. The molecule has 2 aromatic carbocycles. The minimum absolute atomic E-state index is 0.0255. The smallest absolute Gasteiger partial charge is 0.238 e. The lowest BCUT2D eigenvalue weighted by Crippen LogP contribution is -2.40. The maximum atomic E-state index is 12.5. The van der Waals surface area contributed by atoms with Crippen LogP contribution < -0.4 is 10.1 Å². The van der Waals surface area contributed by atoms with Crippen LogP contribution in [0, 0.1) is 0 Å². The van der Waals surface area contributed by atoms with E-state index in [4.69, 9.17) is 4.74 Å². The zero-order chi connectivity index (χ0) is 17.8. The molecule has 132 valence electrons. The predicted octanol–water partition coefficient (Wildman–Crippen LogP) is 3.90. The third-order valence-corrected chi connectivity index (χ3v) is 5.19. The standard InChI is InChI=1S/C21H26N2O2/c1-15-13-20(17-7-5-4-6-8-17)16(2)23(15)14-21(24)22-18-9-11-19(25-3)12-10-18/h4-12,15-16,20H,13-14H2,1-3H3,(H,22,24). The lowest BCUT2D eigenvalue weighted by molar-refractivity contribution is -0.117. The number of methoxy groups -OCH3 is 1. The van der Waals surface area contributed by atoms with Crippen molar-refractivity contribution in [2.75, 3.05) is 19.0 Å². The Bertz CT molecular complexity index is 700. The second-order valence-corrected chi connectivity index (χ2v) is 6.79. The number of ether oxygens (including phenoxy) is 1. The minimum atomic E-state index is 0.0255.